The lowest BCUT2D eigenvalue weighted by Gasteiger charge is -2.45. The highest BCUT2D eigenvalue weighted by molar-refractivity contribution is 5.31. The van der Waals surface area contributed by atoms with Gasteiger partial charge in [-0.25, -0.2) is 0 Å². The van der Waals surface area contributed by atoms with Crippen LogP contribution >= 0.6 is 0 Å². The summed E-state index contributed by atoms with van der Waals surface area (Å²) in [7, 11) is 1.78. The Labute approximate surface area is 91.4 Å². The Balaban J connectivity index is 2.27. The predicted molar refractivity (Wildman–Crippen MR) is 61.7 cm³/mol. The monoisotopic (exact) mass is 205 g/mol. The normalized spacial score (nSPS) is 20.7. The number of benzene rings is 1. The molecule has 0 spiro atoms. The fourth-order valence-electron chi connectivity index (χ4n) is 2.39. The van der Waals surface area contributed by atoms with Crippen LogP contribution in [-0.4, -0.2) is 12.7 Å². The van der Waals surface area contributed by atoms with Crippen LogP contribution in [0.25, 0.3) is 0 Å². The molecule has 1 aliphatic carbocycles. The minimum absolute atomic E-state index is 0.0115. The van der Waals surface area contributed by atoms with Gasteiger partial charge in [0.25, 0.3) is 0 Å². The summed E-state index contributed by atoms with van der Waals surface area (Å²) in [6.07, 6.45) is 3.39. The van der Waals surface area contributed by atoms with Gasteiger partial charge < -0.3 is 10.5 Å². The molecular weight excluding hydrogens is 186 g/mol. The first-order valence-electron chi connectivity index (χ1n) is 5.56. The molecule has 0 bridgehead atoms. The van der Waals surface area contributed by atoms with E-state index in [0.29, 0.717) is 0 Å². The third-order valence-electron chi connectivity index (χ3n) is 3.70. The van der Waals surface area contributed by atoms with Gasteiger partial charge in [0, 0.05) is 7.11 Å². The summed E-state index contributed by atoms with van der Waals surface area (Å²) in [5.41, 5.74) is 8.70. The second-order valence-corrected chi connectivity index (χ2v) is 4.46. The Kier molecular flexibility index (Phi) is 2.81. The molecule has 1 aromatic rings. The van der Waals surface area contributed by atoms with Crippen molar-refractivity contribution in [3.05, 3.63) is 35.4 Å². The van der Waals surface area contributed by atoms with Gasteiger partial charge in [-0.2, -0.15) is 0 Å². The van der Waals surface area contributed by atoms with Crippen LogP contribution in [0.15, 0.2) is 24.3 Å². The topological polar surface area (TPSA) is 35.2 Å². The maximum Gasteiger partial charge on any atom is 0.0870 e. The molecule has 2 heteroatoms. The highest BCUT2D eigenvalue weighted by Gasteiger charge is 2.43. The zero-order valence-electron chi connectivity index (χ0n) is 9.49. The summed E-state index contributed by atoms with van der Waals surface area (Å²) in [5, 5.41) is 0. The first kappa shape index (κ1) is 10.7. The fourth-order valence-corrected chi connectivity index (χ4v) is 2.39. The van der Waals surface area contributed by atoms with Crippen molar-refractivity contribution in [1.82, 2.24) is 0 Å². The Morgan fingerprint density at radius 3 is 2.47 bits per heavy atom. The average molecular weight is 205 g/mol. The van der Waals surface area contributed by atoms with Crippen LogP contribution in [0.3, 0.4) is 0 Å². The van der Waals surface area contributed by atoms with E-state index in [1.807, 2.05) is 12.1 Å². The van der Waals surface area contributed by atoms with E-state index in [-0.39, 0.29) is 11.6 Å². The quantitative estimate of drug-likeness (QED) is 0.823. The lowest BCUT2D eigenvalue weighted by Crippen LogP contribution is -2.48. The van der Waals surface area contributed by atoms with Gasteiger partial charge in [0.15, 0.2) is 0 Å². The molecule has 0 amide bonds. The highest BCUT2D eigenvalue weighted by Crippen LogP contribution is 2.44. The number of ether oxygens (including phenoxy) is 1. The second kappa shape index (κ2) is 3.95. The molecule has 2 nitrogen and oxygen atoms in total. The minimum Gasteiger partial charge on any atom is -0.376 e. The summed E-state index contributed by atoms with van der Waals surface area (Å²) in [4.78, 5) is 0. The standard InChI is InChI=1S/C13H19NO/c1-10-6-3-4-7-11(10)12(14)13(15-2)8-5-9-13/h3-4,6-7,12H,5,8-9,14H2,1-2H3. The van der Waals surface area contributed by atoms with Crippen molar-refractivity contribution >= 4 is 0 Å². The van der Waals surface area contributed by atoms with Crippen molar-refractivity contribution < 1.29 is 4.74 Å². The van der Waals surface area contributed by atoms with E-state index in [2.05, 4.69) is 19.1 Å². The van der Waals surface area contributed by atoms with Crippen molar-refractivity contribution in [2.24, 2.45) is 5.73 Å². The van der Waals surface area contributed by atoms with E-state index in [1.54, 1.807) is 7.11 Å². The molecule has 0 aliphatic heterocycles. The molecule has 0 radical (unpaired) electrons. The molecule has 0 heterocycles. The predicted octanol–water partition coefficient (Wildman–Crippen LogP) is 2.56. The van der Waals surface area contributed by atoms with Crippen LogP contribution in [0.1, 0.15) is 36.4 Å². The van der Waals surface area contributed by atoms with Crippen LogP contribution in [0.5, 0.6) is 0 Å². The zero-order chi connectivity index (χ0) is 10.9. The van der Waals surface area contributed by atoms with Gasteiger partial charge >= 0.3 is 0 Å². The van der Waals surface area contributed by atoms with Crippen LogP contribution in [0.2, 0.25) is 0 Å². The van der Waals surface area contributed by atoms with Gasteiger partial charge in [0.1, 0.15) is 0 Å². The first-order chi connectivity index (χ1) is 7.19. The maximum absolute atomic E-state index is 6.32. The number of methoxy groups -OCH3 is 1. The van der Waals surface area contributed by atoms with Crippen molar-refractivity contribution in [3.8, 4) is 0 Å². The van der Waals surface area contributed by atoms with Crippen molar-refractivity contribution in [3.63, 3.8) is 0 Å². The van der Waals surface area contributed by atoms with Crippen molar-refractivity contribution in [2.75, 3.05) is 7.11 Å². The smallest absolute Gasteiger partial charge is 0.0870 e. The van der Waals surface area contributed by atoms with Gasteiger partial charge in [-0.1, -0.05) is 24.3 Å². The highest BCUT2D eigenvalue weighted by atomic mass is 16.5. The Hall–Kier alpha value is -0.860. The maximum atomic E-state index is 6.32. The molecule has 1 aliphatic rings. The molecule has 1 unspecified atom stereocenters. The van der Waals surface area contributed by atoms with Crippen molar-refractivity contribution in [2.45, 2.75) is 37.8 Å². The molecule has 1 saturated carbocycles. The molecular formula is C13H19NO. The summed E-state index contributed by atoms with van der Waals surface area (Å²) in [5.74, 6) is 0. The van der Waals surface area contributed by atoms with Gasteiger partial charge in [-0.05, 0) is 37.3 Å². The van der Waals surface area contributed by atoms with Crippen LogP contribution in [0.4, 0.5) is 0 Å². The van der Waals surface area contributed by atoms with Gasteiger partial charge in [0.2, 0.25) is 0 Å². The lowest BCUT2D eigenvalue weighted by atomic mass is 9.72. The summed E-state index contributed by atoms with van der Waals surface area (Å²) in [6.45, 7) is 2.11. The average Bonchev–Trinajstić information content (AvgIpc) is 2.17. The Morgan fingerprint density at radius 1 is 1.33 bits per heavy atom. The third-order valence-corrected chi connectivity index (χ3v) is 3.70. The third kappa shape index (κ3) is 1.68. The molecule has 2 N–H and O–H groups in total. The summed E-state index contributed by atoms with van der Waals surface area (Å²) in [6, 6.07) is 8.32. The molecule has 0 saturated heterocycles. The van der Waals surface area contributed by atoms with Gasteiger partial charge in [-0.3, -0.25) is 0 Å². The molecule has 1 atom stereocenters. The SMILES string of the molecule is COC1(C(N)c2ccccc2C)CCC1. The molecule has 1 aromatic carbocycles. The fraction of sp³-hybridized carbons (Fsp3) is 0.538. The van der Waals surface area contributed by atoms with Crippen LogP contribution < -0.4 is 5.73 Å². The molecule has 15 heavy (non-hydrogen) atoms. The first-order valence-corrected chi connectivity index (χ1v) is 5.56. The van der Waals surface area contributed by atoms with E-state index in [4.69, 9.17) is 10.5 Å². The van der Waals surface area contributed by atoms with Crippen LogP contribution in [-0.2, 0) is 4.74 Å². The molecule has 1 fully saturated rings. The largest absolute Gasteiger partial charge is 0.376 e. The summed E-state index contributed by atoms with van der Waals surface area (Å²) < 4.78 is 5.62. The number of rotatable bonds is 3. The van der Waals surface area contributed by atoms with E-state index in [1.165, 1.54) is 17.5 Å². The molecule has 0 aromatic heterocycles. The number of hydrogen-bond donors (Lipinski definition) is 1. The van der Waals surface area contributed by atoms with Crippen LogP contribution in [0, 0.1) is 6.92 Å². The minimum atomic E-state index is -0.105. The summed E-state index contributed by atoms with van der Waals surface area (Å²) >= 11 is 0. The second-order valence-electron chi connectivity index (χ2n) is 4.46. The van der Waals surface area contributed by atoms with Gasteiger partial charge in [-0.15, -0.1) is 0 Å². The Bertz CT molecular complexity index is 339. The van der Waals surface area contributed by atoms with E-state index < -0.39 is 0 Å². The number of nitrogens with two attached hydrogens (primary N) is 1. The lowest BCUT2D eigenvalue weighted by molar-refractivity contribution is -0.0912. The van der Waals surface area contributed by atoms with E-state index in [0.717, 1.165) is 12.8 Å². The number of aryl methyl sites for hydroxylation is 1. The Morgan fingerprint density at radius 2 is 2.00 bits per heavy atom. The number of hydrogen-bond acceptors (Lipinski definition) is 2. The van der Waals surface area contributed by atoms with E-state index >= 15 is 0 Å². The molecule has 2 rings (SSSR count). The zero-order valence-corrected chi connectivity index (χ0v) is 9.49. The van der Waals surface area contributed by atoms with E-state index in [9.17, 15) is 0 Å². The van der Waals surface area contributed by atoms with Gasteiger partial charge in [0.05, 0.1) is 11.6 Å². The van der Waals surface area contributed by atoms with Crippen molar-refractivity contribution in [1.29, 1.82) is 0 Å². The molecule has 82 valence electrons.